The number of amides is 3. The first-order valence-electron chi connectivity index (χ1n) is 8.83. The number of rotatable bonds is 8. The third-order valence-corrected chi connectivity index (χ3v) is 3.70. The topological polar surface area (TPSA) is 93.7 Å². The van der Waals surface area contributed by atoms with Gasteiger partial charge in [0, 0.05) is 18.7 Å². The Morgan fingerprint density at radius 3 is 2.38 bits per heavy atom. The Hall–Kier alpha value is -3.87. The number of hydrogen-bond acceptors (Lipinski definition) is 5. The van der Waals surface area contributed by atoms with Gasteiger partial charge in [0.25, 0.3) is 5.91 Å². The fraction of sp³-hybridized carbons (Fsp3) is 0.136. The highest BCUT2D eigenvalue weighted by atomic mass is 16.5. The summed E-state index contributed by atoms with van der Waals surface area (Å²) in [5.74, 6) is -0.793. The number of esters is 1. The predicted molar refractivity (Wildman–Crippen MR) is 109 cm³/mol. The van der Waals surface area contributed by atoms with Crippen molar-refractivity contribution in [3.63, 3.8) is 0 Å². The maximum absolute atomic E-state index is 12.4. The van der Waals surface area contributed by atoms with Crippen LogP contribution in [-0.4, -0.2) is 31.6 Å². The van der Waals surface area contributed by atoms with Crippen LogP contribution in [0, 0.1) is 0 Å². The summed E-state index contributed by atoms with van der Waals surface area (Å²) in [7, 11) is 1.38. The second kappa shape index (κ2) is 11.1. The van der Waals surface area contributed by atoms with Crippen LogP contribution in [0.2, 0.25) is 0 Å². The smallest absolute Gasteiger partial charge is 0.331 e. The minimum atomic E-state index is -1.26. The van der Waals surface area contributed by atoms with Crippen molar-refractivity contribution >= 4 is 24.0 Å². The van der Waals surface area contributed by atoms with Crippen LogP contribution in [0.1, 0.15) is 17.2 Å². The highest BCUT2D eigenvalue weighted by Crippen LogP contribution is 2.18. The van der Waals surface area contributed by atoms with Crippen LogP contribution in [0.25, 0.3) is 6.08 Å². The van der Waals surface area contributed by atoms with Gasteiger partial charge in [-0.05, 0) is 23.8 Å². The molecule has 0 heterocycles. The molecule has 2 aromatic carbocycles. The molecule has 0 saturated heterocycles. The third kappa shape index (κ3) is 6.99. The van der Waals surface area contributed by atoms with Crippen LogP contribution in [-0.2, 0) is 14.3 Å². The summed E-state index contributed by atoms with van der Waals surface area (Å²) < 4.78 is 10.7. The molecule has 0 unspecified atom stereocenters. The summed E-state index contributed by atoms with van der Waals surface area (Å²) >= 11 is 0. The number of ether oxygens (including phenoxy) is 2. The Morgan fingerprint density at radius 2 is 1.76 bits per heavy atom. The van der Waals surface area contributed by atoms with Gasteiger partial charge in [0.15, 0.2) is 0 Å². The molecule has 2 aromatic rings. The molecule has 7 heteroatoms. The lowest BCUT2D eigenvalue weighted by atomic mass is 10.1. The minimum absolute atomic E-state index is 0.403. The minimum Gasteiger partial charge on any atom is -0.490 e. The van der Waals surface area contributed by atoms with Gasteiger partial charge in [0.2, 0.25) is 6.10 Å². The van der Waals surface area contributed by atoms with Gasteiger partial charge in [-0.25, -0.2) is 9.59 Å². The normalized spacial score (nSPS) is 11.3. The van der Waals surface area contributed by atoms with E-state index in [1.807, 2.05) is 0 Å². The van der Waals surface area contributed by atoms with E-state index in [0.29, 0.717) is 17.9 Å². The van der Waals surface area contributed by atoms with E-state index in [0.717, 1.165) is 5.56 Å². The molecule has 0 spiro atoms. The Kier molecular flexibility index (Phi) is 8.19. The van der Waals surface area contributed by atoms with Crippen molar-refractivity contribution < 1.29 is 23.9 Å². The maximum Gasteiger partial charge on any atom is 0.331 e. The van der Waals surface area contributed by atoms with Gasteiger partial charge >= 0.3 is 12.0 Å². The third-order valence-electron chi connectivity index (χ3n) is 3.70. The molecule has 3 amide bonds. The largest absolute Gasteiger partial charge is 0.490 e. The highest BCUT2D eigenvalue weighted by molar-refractivity contribution is 5.98. The summed E-state index contributed by atoms with van der Waals surface area (Å²) in [5.41, 5.74) is 1.19. The molecule has 29 heavy (non-hydrogen) atoms. The summed E-state index contributed by atoms with van der Waals surface area (Å²) in [6.07, 6.45) is 3.15. The van der Waals surface area contributed by atoms with Gasteiger partial charge in [0.1, 0.15) is 12.4 Å². The van der Waals surface area contributed by atoms with Crippen molar-refractivity contribution in [2.75, 3.05) is 13.7 Å². The average molecular weight is 394 g/mol. The Balaban J connectivity index is 2.06. The SMILES string of the molecule is C=CCOc1ccc(/C=C/C(=O)O[C@H](C(=O)NC(=O)NC)c2ccccc2)cc1. The van der Waals surface area contributed by atoms with E-state index >= 15 is 0 Å². The van der Waals surface area contributed by atoms with Crippen molar-refractivity contribution in [2.45, 2.75) is 6.10 Å². The van der Waals surface area contributed by atoms with Crippen molar-refractivity contribution in [3.8, 4) is 5.75 Å². The number of carbonyl (C=O) groups excluding carboxylic acids is 3. The lowest BCUT2D eigenvalue weighted by molar-refractivity contribution is -0.151. The molecule has 0 aromatic heterocycles. The fourth-order valence-corrected chi connectivity index (χ4v) is 2.29. The molecule has 2 N–H and O–H groups in total. The molecule has 0 saturated carbocycles. The van der Waals surface area contributed by atoms with Crippen LogP contribution in [0.15, 0.2) is 73.3 Å². The van der Waals surface area contributed by atoms with Crippen LogP contribution in [0.4, 0.5) is 4.79 Å². The molecule has 0 fully saturated rings. The van der Waals surface area contributed by atoms with Crippen molar-refractivity contribution in [3.05, 3.63) is 84.5 Å². The van der Waals surface area contributed by atoms with Crippen molar-refractivity contribution in [1.29, 1.82) is 0 Å². The Bertz CT molecular complexity index is 876. The Labute approximate surface area is 169 Å². The van der Waals surface area contributed by atoms with Gasteiger partial charge < -0.3 is 14.8 Å². The first kappa shape index (κ1) is 21.4. The van der Waals surface area contributed by atoms with E-state index in [1.165, 1.54) is 13.1 Å². The number of carbonyl (C=O) groups is 3. The van der Waals surface area contributed by atoms with E-state index in [9.17, 15) is 14.4 Å². The predicted octanol–water partition coefficient (Wildman–Crippen LogP) is 3.00. The van der Waals surface area contributed by atoms with E-state index in [4.69, 9.17) is 9.47 Å². The zero-order valence-corrected chi connectivity index (χ0v) is 16.0. The molecule has 0 aliphatic carbocycles. The first-order valence-corrected chi connectivity index (χ1v) is 8.83. The Morgan fingerprint density at radius 1 is 1.07 bits per heavy atom. The summed E-state index contributed by atoms with van der Waals surface area (Å²) in [6, 6.07) is 14.8. The first-order chi connectivity index (χ1) is 14.0. The molecule has 150 valence electrons. The monoisotopic (exact) mass is 394 g/mol. The van der Waals surface area contributed by atoms with Crippen LogP contribution >= 0.6 is 0 Å². The van der Waals surface area contributed by atoms with Crippen molar-refractivity contribution in [2.24, 2.45) is 0 Å². The van der Waals surface area contributed by atoms with Gasteiger partial charge in [-0.3, -0.25) is 10.1 Å². The number of urea groups is 1. The summed E-state index contributed by atoms with van der Waals surface area (Å²) in [6.45, 7) is 3.99. The summed E-state index contributed by atoms with van der Waals surface area (Å²) in [5, 5.41) is 4.40. The molecule has 2 rings (SSSR count). The van der Waals surface area contributed by atoms with Crippen LogP contribution < -0.4 is 15.4 Å². The lowest BCUT2D eigenvalue weighted by Crippen LogP contribution is -2.41. The maximum atomic E-state index is 12.4. The van der Waals surface area contributed by atoms with Crippen LogP contribution in [0.5, 0.6) is 5.75 Å². The van der Waals surface area contributed by atoms with E-state index in [2.05, 4.69) is 17.2 Å². The number of hydrogen-bond donors (Lipinski definition) is 2. The highest BCUT2D eigenvalue weighted by Gasteiger charge is 2.25. The molecule has 7 nitrogen and oxygen atoms in total. The van der Waals surface area contributed by atoms with Crippen LogP contribution in [0.3, 0.4) is 0 Å². The van der Waals surface area contributed by atoms with Crippen molar-refractivity contribution in [1.82, 2.24) is 10.6 Å². The second-order valence-corrected chi connectivity index (χ2v) is 5.80. The fourth-order valence-electron chi connectivity index (χ4n) is 2.29. The zero-order chi connectivity index (χ0) is 21.1. The van der Waals surface area contributed by atoms with E-state index < -0.39 is 24.0 Å². The average Bonchev–Trinajstić information content (AvgIpc) is 2.75. The van der Waals surface area contributed by atoms with E-state index in [1.54, 1.807) is 66.7 Å². The summed E-state index contributed by atoms with van der Waals surface area (Å²) in [4.78, 5) is 36.0. The van der Waals surface area contributed by atoms with Gasteiger partial charge in [-0.15, -0.1) is 0 Å². The van der Waals surface area contributed by atoms with E-state index in [-0.39, 0.29) is 0 Å². The van der Waals surface area contributed by atoms with Gasteiger partial charge in [0.05, 0.1) is 0 Å². The quantitative estimate of drug-likeness (QED) is 0.408. The molecule has 0 radical (unpaired) electrons. The molecular weight excluding hydrogens is 372 g/mol. The molecule has 1 atom stereocenters. The lowest BCUT2D eigenvalue weighted by Gasteiger charge is -2.16. The molecule has 0 aliphatic heterocycles. The van der Waals surface area contributed by atoms with Gasteiger partial charge in [-0.2, -0.15) is 0 Å². The van der Waals surface area contributed by atoms with Gasteiger partial charge in [-0.1, -0.05) is 55.1 Å². The molecular formula is C22H22N2O5. The molecule has 0 aliphatic rings. The number of nitrogens with one attached hydrogen (secondary N) is 2. The number of imide groups is 1. The second-order valence-electron chi connectivity index (χ2n) is 5.80. The standard InChI is InChI=1S/C22H22N2O5/c1-3-15-28-18-12-9-16(10-13-18)11-14-19(25)29-20(17-7-5-4-6-8-17)21(26)24-22(27)23-2/h3-14,20H,1,15H2,2H3,(H2,23,24,26,27)/b14-11+/t20-/m0/s1. The number of benzene rings is 2. The molecule has 0 bridgehead atoms. The zero-order valence-electron chi connectivity index (χ0n) is 16.0.